The van der Waals surface area contributed by atoms with E-state index in [-0.39, 0.29) is 12.6 Å². The first-order chi connectivity index (χ1) is 5.97. The van der Waals surface area contributed by atoms with E-state index in [1.54, 1.807) is 0 Å². The van der Waals surface area contributed by atoms with Crippen molar-refractivity contribution < 1.29 is 12.6 Å². The molecule has 1 aromatic rings. The largest absolute Gasteiger partial charge is 0.368 e. The minimum absolute atomic E-state index is 0.0922. The third-order valence-electron chi connectivity index (χ3n) is 1.15. The summed E-state index contributed by atoms with van der Waals surface area (Å²) in [6.07, 6.45) is 2.40. The monoisotopic (exact) mass is 203 g/mol. The molecule has 0 unspecified atom stereocenters. The predicted molar refractivity (Wildman–Crippen MR) is 46.1 cm³/mol. The number of hydrogen-bond donors (Lipinski definition) is 1. The minimum Gasteiger partial charge on any atom is -0.368 e. The Hall–Kier alpha value is -1.21. The number of nitrogen functional groups attached to an aromatic ring is 1. The first-order valence-electron chi connectivity index (χ1n) is 3.39. The molecule has 0 amide bonds. The van der Waals surface area contributed by atoms with Gasteiger partial charge in [0.25, 0.3) is 10.1 Å². The van der Waals surface area contributed by atoms with Crippen molar-refractivity contribution in [3.63, 3.8) is 0 Å². The maximum absolute atomic E-state index is 10.6. The predicted octanol–water partition coefficient (Wildman–Crippen LogP) is -0.465. The molecule has 1 aromatic heterocycles. The highest BCUT2D eigenvalue weighted by Crippen LogP contribution is 2.00. The lowest BCUT2D eigenvalue weighted by Crippen LogP contribution is -2.05. The molecular weight excluding hydrogens is 194 g/mol. The smallest absolute Gasteiger partial charge is 0.264 e. The molecule has 2 N–H and O–H groups in total. The molecule has 0 bridgehead atoms. The zero-order chi connectivity index (χ0) is 9.90. The maximum atomic E-state index is 10.6. The van der Waals surface area contributed by atoms with E-state index in [4.69, 9.17) is 5.73 Å². The molecule has 0 aliphatic carbocycles. The van der Waals surface area contributed by atoms with Crippen LogP contribution in [-0.2, 0) is 20.9 Å². The van der Waals surface area contributed by atoms with Crippen LogP contribution in [0, 0.1) is 0 Å². The fraction of sp³-hybridized carbons (Fsp3) is 0.333. The quantitative estimate of drug-likeness (QED) is 0.667. The molecule has 0 aromatic carbocycles. The van der Waals surface area contributed by atoms with Crippen molar-refractivity contribution in [3.05, 3.63) is 18.0 Å². The normalized spacial score (nSPS) is 11.5. The van der Waals surface area contributed by atoms with Crippen LogP contribution in [0.5, 0.6) is 0 Å². The van der Waals surface area contributed by atoms with Gasteiger partial charge in [-0.3, -0.25) is 4.18 Å². The second-order valence-corrected chi connectivity index (χ2v) is 4.02. The molecule has 72 valence electrons. The van der Waals surface area contributed by atoms with Gasteiger partial charge in [0.1, 0.15) is 6.61 Å². The van der Waals surface area contributed by atoms with Crippen LogP contribution in [0.3, 0.4) is 0 Å². The first-order valence-corrected chi connectivity index (χ1v) is 5.21. The van der Waals surface area contributed by atoms with E-state index in [1.165, 1.54) is 12.3 Å². The third-order valence-corrected chi connectivity index (χ3v) is 1.70. The lowest BCUT2D eigenvalue weighted by atomic mass is 10.4. The second-order valence-electron chi connectivity index (χ2n) is 2.37. The van der Waals surface area contributed by atoms with E-state index in [1.807, 2.05) is 0 Å². The van der Waals surface area contributed by atoms with Crippen LogP contribution < -0.4 is 5.73 Å². The summed E-state index contributed by atoms with van der Waals surface area (Å²) < 4.78 is 25.7. The van der Waals surface area contributed by atoms with E-state index < -0.39 is 10.1 Å². The van der Waals surface area contributed by atoms with Crippen molar-refractivity contribution >= 4 is 16.1 Å². The molecule has 6 nitrogen and oxygen atoms in total. The molecule has 1 heterocycles. The molecule has 0 aliphatic rings. The van der Waals surface area contributed by atoms with Gasteiger partial charge in [-0.25, -0.2) is 9.97 Å². The Bertz CT molecular complexity index is 390. The minimum atomic E-state index is -3.44. The molecule has 1 rings (SSSR count). The summed E-state index contributed by atoms with van der Waals surface area (Å²) in [5.41, 5.74) is 5.70. The molecule has 0 fully saturated rings. The molecular formula is C6H9N3O3S. The molecule has 0 saturated carbocycles. The van der Waals surface area contributed by atoms with Crippen molar-refractivity contribution in [3.8, 4) is 0 Å². The summed E-state index contributed by atoms with van der Waals surface area (Å²) in [5, 5.41) is 0. The average molecular weight is 203 g/mol. The Labute approximate surface area is 75.9 Å². The highest BCUT2D eigenvalue weighted by atomic mass is 32.2. The van der Waals surface area contributed by atoms with Crippen molar-refractivity contribution in [2.24, 2.45) is 0 Å². The number of rotatable bonds is 3. The van der Waals surface area contributed by atoms with Crippen molar-refractivity contribution in [1.29, 1.82) is 0 Å². The summed E-state index contributed by atoms with van der Waals surface area (Å²) in [4.78, 5) is 7.40. The lowest BCUT2D eigenvalue weighted by molar-refractivity contribution is 0.307. The average Bonchev–Trinajstić information content (AvgIpc) is 2.00. The van der Waals surface area contributed by atoms with Gasteiger partial charge in [0.2, 0.25) is 5.95 Å². The fourth-order valence-corrected chi connectivity index (χ4v) is 0.996. The SMILES string of the molecule is CS(=O)(=O)OCc1ccnc(N)n1. The highest BCUT2D eigenvalue weighted by Gasteiger charge is 2.03. The second kappa shape index (κ2) is 3.67. The molecule has 0 atom stereocenters. The number of hydrogen-bond acceptors (Lipinski definition) is 6. The van der Waals surface area contributed by atoms with E-state index >= 15 is 0 Å². The van der Waals surface area contributed by atoms with Crippen LogP contribution in [0.4, 0.5) is 5.95 Å². The molecule has 13 heavy (non-hydrogen) atoms. The Morgan fingerprint density at radius 2 is 2.31 bits per heavy atom. The maximum Gasteiger partial charge on any atom is 0.264 e. The van der Waals surface area contributed by atoms with E-state index in [2.05, 4.69) is 14.2 Å². The Balaban J connectivity index is 2.65. The summed E-state index contributed by atoms with van der Waals surface area (Å²) in [6.45, 7) is -0.119. The molecule has 0 saturated heterocycles. The zero-order valence-corrected chi connectivity index (χ0v) is 7.78. The van der Waals surface area contributed by atoms with Crippen LogP contribution in [-0.4, -0.2) is 24.6 Å². The highest BCUT2D eigenvalue weighted by molar-refractivity contribution is 7.85. The van der Waals surface area contributed by atoms with Crippen molar-refractivity contribution in [1.82, 2.24) is 9.97 Å². The summed E-state index contributed by atoms with van der Waals surface area (Å²) >= 11 is 0. The van der Waals surface area contributed by atoms with Gasteiger partial charge < -0.3 is 5.73 Å². The molecule has 0 spiro atoms. The van der Waals surface area contributed by atoms with Gasteiger partial charge in [-0.05, 0) is 6.07 Å². The van der Waals surface area contributed by atoms with E-state index in [9.17, 15) is 8.42 Å². The van der Waals surface area contributed by atoms with Crippen LogP contribution >= 0.6 is 0 Å². The van der Waals surface area contributed by atoms with Crippen LogP contribution in [0.2, 0.25) is 0 Å². The van der Waals surface area contributed by atoms with Gasteiger partial charge in [0.05, 0.1) is 11.9 Å². The molecule has 0 radical (unpaired) electrons. The fourth-order valence-electron chi connectivity index (χ4n) is 0.661. The van der Waals surface area contributed by atoms with E-state index in [0.717, 1.165) is 6.26 Å². The van der Waals surface area contributed by atoms with Crippen LogP contribution in [0.15, 0.2) is 12.3 Å². The Kier molecular flexibility index (Phi) is 2.79. The van der Waals surface area contributed by atoms with Crippen LogP contribution in [0.1, 0.15) is 5.69 Å². The van der Waals surface area contributed by atoms with Gasteiger partial charge in [-0.2, -0.15) is 8.42 Å². The number of nitrogens with zero attached hydrogens (tertiary/aromatic N) is 2. The van der Waals surface area contributed by atoms with Gasteiger partial charge in [0.15, 0.2) is 0 Å². The summed E-state index contributed by atoms with van der Waals surface area (Å²) in [6, 6.07) is 1.53. The summed E-state index contributed by atoms with van der Waals surface area (Å²) in [7, 11) is -3.44. The number of aromatic nitrogens is 2. The van der Waals surface area contributed by atoms with Gasteiger partial charge in [-0.15, -0.1) is 0 Å². The Morgan fingerprint density at radius 1 is 1.62 bits per heavy atom. The number of nitrogens with two attached hydrogens (primary N) is 1. The molecule has 7 heteroatoms. The van der Waals surface area contributed by atoms with Gasteiger partial charge in [0, 0.05) is 6.20 Å². The van der Waals surface area contributed by atoms with Crippen molar-refractivity contribution in [2.75, 3.05) is 12.0 Å². The Morgan fingerprint density at radius 3 is 2.85 bits per heavy atom. The standard InChI is InChI=1S/C6H9N3O3S/c1-13(10,11)12-4-5-2-3-8-6(7)9-5/h2-3H,4H2,1H3,(H2,7,8,9). The zero-order valence-electron chi connectivity index (χ0n) is 6.97. The lowest BCUT2D eigenvalue weighted by Gasteiger charge is -2.00. The molecule has 0 aliphatic heterocycles. The number of anilines is 1. The first kappa shape index (κ1) is 9.87. The third kappa shape index (κ3) is 3.81. The van der Waals surface area contributed by atoms with Gasteiger partial charge >= 0.3 is 0 Å². The summed E-state index contributed by atoms with van der Waals surface area (Å²) in [5.74, 6) is 0.0922. The van der Waals surface area contributed by atoms with E-state index in [0.29, 0.717) is 5.69 Å². The topological polar surface area (TPSA) is 95.2 Å². The van der Waals surface area contributed by atoms with Crippen molar-refractivity contribution in [2.45, 2.75) is 6.61 Å². The van der Waals surface area contributed by atoms with Crippen LogP contribution in [0.25, 0.3) is 0 Å². The van der Waals surface area contributed by atoms with Gasteiger partial charge in [-0.1, -0.05) is 0 Å².